The number of aromatic nitrogens is 2. The topological polar surface area (TPSA) is 130 Å². The molecule has 2 N–H and O–H groups in total. The van der Waals surface area contributed by atoms with Gasteiger partial charge in [-0.1, -0.05) is 13.3 Å². The number of nitro groups is 1. The van der Waals surface area contributed by atoms with Crippen LogP contribution in [0.3, 0.4) is 0 Å². The molecule has 0 unspecified atom stereocenters. The molecule has 0 atom stereocenters. The van der Waals surface area contributed by atoms with Gasteiger partial charge in [-0.15, -0.1) is 0 Å². The second-order valence-corrected chi connectivity index (χ2v) is 5.38. The highest BCUT2D eigenvalue weighted by Gasteiger charge is 2.28. The van der Waals surface area contributed by atoms with Crippen LogP contribution in [0.5, 0.6) is 0 Å². The summed E-state index contributed by atoms with van der Waals surface area (Å²) >= 11 is 0. The SMILES string of the molecule is CCCCOCCn1cc(S(N)(=O)=O)c([N+](=O)[O-])n1. The van der Waals surface area contributed by atoms with Gasteiger partial charge in [0.25, 0.3) is 0 Å². The largest absolute Gasteiger partial charge is 0.410 e. The smallest absolute Gasteiger partial charge is 0.379 e. The standard InChI is InChI=1S/C9H16N4O5S/c1-2-3-5-18-6-4-12-7-8(19(10,16)17)9(11-12)13(14)15/h7H,2-6H2,1H3,(H2,10,16,17). The van der Waals surface area contributed by atoms with Gasteiger partial charge in [-0.05, 0) is 11.3 Å². The summed E-state index contributed by atoms with van der Waals surface area (Å²) in [6, 6.07) is 0. The predicted octanol–water partition coefficient (Wildman–Crippen LogP) is 0.255. The van der Waals surface area contributed by atoms with Gasteiger partial charge in [0.2, 0.25) is 14.9 Å². The van der Waals surface area contributed by atoms with E-state index in [1.54, 1.807) is 0 Å². The third-order valence-corrected chi connectivity index (χ3v) is 3.20. The Morgan fingerprint density at radius 2 is 2.21 bits per heavy atom. The van der Waals surface area contributed by atoms with Crippen molar-refractivity contribution in [3.63, 3.8) is 0 Å². The molecule has 0 saturated heterocycles. The van der Waals surface area contributed by atoms with Crippen molar-refractivity contribution in [1.29, 1.82) is 0 Å². The molecule has 9 nitrogen and oxygen atoms in total. The van der Waals surface area contributed by atoms with Crippen LogP contribution in [0, 0.1) is 10.1 Å². The summed E-state index contributed by atoms with van der Waals surface area (Å²) in [7, 11) is -4.16. The Hall–Kier alpha value is -1.52. The van der Waals surface area contributed by atoms with Crippen molar-refractivity contribution in [2.75, 3.05) is 13.2 Å². The van der Waals surface area contributed by atoms with Crippen molar-refractivity contribution < 1.29 is 18.1 Å². The summed E-state index contributed by atoms with van der Waals surface area (Å²) in [6.45, 7) is 3.13. The molecule has 108 valence electrons. The average Bonchev–Trinajstić information content (AvgIpc) is 2.73. The number of nitrogens with zero attached hydrogens (tertiary/aromatic N) is 3. The van der Waals surface area contributed by atoms with Crippen LogP contribution in [0.1, 0.15) is 19.8 Å². The summed E-state index contributed by atoms with van der Waals surface area (Å²) in [6.07, 6.45) is 2.96. The maximum atomic E-state index is 11.2. The van der Waals surface area contributed by atoms with Gasteiger partial charge in [-0.25, -0.2) is 13.6 Å². The monoisotopic (exact) mass is 292 g/mol. The van der Waals surface area contributed by atoms with Gasteiger partial charge in [0.05, 0.1) is 24.4 Å². The Balaban J connectivity index is 2.74. The van der Waals surface area contributed by atoms with Gasteiger partial charge < -0.3 is 14.9 Å². The first-order valence-electron chi connectivity index (χ1n) is 5.68. The van der Waals surface area contributed by atoms with Crippen LogP contribution in [-0.2, 0) is 21.3 Å². The quantitative estimate of drug-likeness (QED) is 0.415. The third-order valence-electron chi connectivity index (χ3n) is 2.30. The zero-order valence-corrected chi connectivity index (χ0v) is 11.3. The molecule has 0 aliphatic carbocycles. The Labute approximate surface area is 110 Å². The molecule has 0 aliphatic rings. The van der Waals surface area contributed by atoms with E-state index in [4.69, 9.17) is 9.88 Å². The zero-order valence-electron chi connectivity index (χ0n) is 10.5. The predicted molar refractivity (Wildman–Crippen MR) is 66.0 cm³/mol. The van der Waals surface area contributed by atoms with Gasteiger partial charge in [0.15, 0.2) is 0 Å². The normalized spacial score (nSPS) is 11.7. The lowest BCUT2D eigenvalue weighted by Gasteiger charge is -2.00. The number of primary sulfonamides is 1. The van der Waals surface area contributed by atoms with E-state index in [1.165, 1.54) is 0 Å². The van der Waals surface area contributed by atoms with Gasteiger partial charge in [-0.2, -0.15) is 4.68 Å². The molecular weight excluding hydrogens is 276 g/mol. The second kappa shape index (κ2) is 6.59. The van der Waals surface area contributed by atoms with Crippen LogP contribution in [0.4, 0.5) is 5.82 Å². The van der Waals surface area contributed by atoms with Crippen molar-refractivity contribution in [3.05, 3.63) is 16.3 Å². The fourth-order valence-corrected chi connectivity index (χ4v) is 1.98. The first-order valence-corrected chi connectivity index (χ1v) is 7.23. The molecule has 19 heavy (non-hydrogen) atoms. The molecule has 0 aromatic carbocycles. The minimum atomic E-state index is -4.16. The maximum Gasteiger partial charge on any atom is 0.410 e. The Bertz CT molecular complexity index is 539. The van der Waals surface area contributed by atoms with Crippen molar-refractivity contribution in [3.8, 4) is 0 Å². The fourth-order valence-electron chi connectivity index (χ4n) is 1.34. The summed E-state index contributed by atoms with van der Waals surface area (Å²) in [5.41, 5.74) is 0. The minimum Gasteiger partial charge on any atom is -0.379 e. The van der Waals surface area contributed by atoms with Crippen molar-refractivity contribution >= 4 is 15.8 Å². The number of unbranched alkanes of at least 4 members (excludes halogenated alkanes) is 1. The summed E-state index contributed by atoms with van der Waals surface area (Å²) < 4.78 is 28.8. The van der Waals surface area contributed by atoms with E-state index < -0.39 is 25.7 Å². The molecule has 0 saturated carbocycles. The van der Waals surface area contributed by atoms with E-state index in [9.17, 15) is 18.5 Å². The van der Waals surface area contributed by atoms with Gasteiger partial charge in [0, 0.05) is 6.61 Å². The fraction of sp³-hybridized carbons (Fsp3) is 0.667. The van der Waals surface area contributed by atoms with Crippen LogP contribution in [0.2, 0.25) is 0 Å². The highest BCUT2D eigenvalue weighted by Crippen LogP contribution is 2.19. The highest BCUT2D eigenvalue weighted by atomic mass is 32.2. The summed E-state index contributed by atoms with van der Waals surface area (Å²) in [4.78, 5) is 9.20. The summed E-state index contributed by atoms with van der Waals surface area (Å²) in [5, 5.41) is 19.1. The number of sulfonamides is 1. The Kier molecular flexibility index (Phi) is 5.39. The second-order valence-electron chi connectivity index (χ2n) is 3.85. The number of hydrogen-bond donors (Lipinski definition) is 1. The molecule has 0 bridgehead atoms. The van der Waals surface area contributed by atoms with E-state index in [1.807, 2.05) is 6.92 Å². The molecule has 0 amide bonds. The lowest BCUT2D eigenvalue weighted by atomic mass is 10.4. The van der Waals surface area contributed by atoms with Crippen LogP contribution < -0.4 is 5.14 Å². The van der Waals surface area contributed by atoms with E-state index >= 15 is 0 Å². The minimum absolute atomic E-state index is 0.222. The molecule has 1 aromatic rings. The lowest BCUT2D eigenvalue weighted by Crippen LogP contribution is -2.13. The van der Waals surface area contributed by atoms with Crippen LogP contribution in [0.15, 0.2) is 11.1 Å². The maximum absolute atomic E-state index is 11.2. The van der Waals surface area contributed by atoms with Gasteiger partial charge in [-0.3, -0.25) is 0 Å². The average molecular weight is 292 g/mol. The molecule has 0 spiro atoms. The van der Waals surface area contributed by atoms with Crippen molar-refractivity contribution in [2.24, 2.45) is 5.14 Å². The zero-order chi connectivity index (χ0) is 14.5. The lowest BCUT2D eigenvalue weighted by molar-refractivity contribution is -0.392. The number of rotatable bonds is 8. The number of ether oxygens (including phenoxy) is 1. The number of nitrogens with two attached hydrogens (primary N) is 1. The molecule has 1 heterocycles. The van der Waals surface area contributed by atoms with Crippen molar-refractivity contribution in [2.45, 2.75) is 31.2 Å². The Morgan fingerprint density at radius 3 is 2.68 bits per heavy atom. The first kappa shape index (κ1) is 15.5. The molecule has 10 heteroatoms. The third kappa shape index (κ3) is 4.58. The Morgan fingerprint density at radius 1 is 1.53 bits per heavy atom. The first-order chi connectivity index (χ1) is 8.86. The van der Waals surface area contributed by atoms with E-state index in [0.717, 1.165) is 23.7 Å². The van der Waals surface area contributed by atoms with Gasteiger partial charge in [0.1, 0.15) is 0 Å². The molecule has 1 rings (SSSR count). The van der Waals surface area contributed by atoms with Crippen LogP contribution in [-0.4, -0.2) is 36.3 Å². The molecule has 0 fully saturated rings. The van der Waals surface area contributed by atoms with Gasteiger partial charge >= 0.3 is 5.82 Å². The molecular formula is C9H16N4O5S. The van der Waals surface area contributed by atoms with E-state index in [0.29, 0.717) is 13.2 Å². The summed E-state index contributed by atoms with van der Waals surface area (Å²) in [5.74, 6) is -0.768. The van der Waals surface area contributed by atoms with E-state index in [2.05, 4.69) is 5.10 Å². The molecule has 0 radical (unpaired) electrons. The van der Waals surface area contributed by atoms with Crippen LogP contribution in [0.25, 0.3) is 0 Å². The van der Waals surface area contributed by atoms with Crippen molar-refractivity contribution in [1.82, 2.24) is 9.78 Å². The van der Waals surface area contributed by atoms with E-state index in [-0.39, 0.29) is 6.54 Å². The molecule has 0 aliphatic heterocycles. The highest BCUT2D eigenvalue weighted by molar-refractivity contribution is 7.89. The number of hydrogen-bond acceptors (Lipinski definition) is 6. The molecule has 1 aromatic heterocycles. The van der Waals surface area contributed by atoms with Crippen LogP contribution >= 0.6 is 0 Å².